The van der Waals surface area contributed by atoms with Crippen LogP contribution in [0.1, 0.15) is 43.7 Å². The Kier molecular flexibility index (Phi) is 5.29. The molecule has 142 valence electrons. The Morgan fingerprint density at radius 3 is 2.77 bits per heavy atom. The second kappa shape index (κ2) is 7.82. The Bertz CT molecular complexity index is 665. The molecule has 1 aromatic rings. The minimum Gasteiger partial charge on any atom is -0.467 e. The maximum absolute atomic E-state index is 13.9. The monoisotopic (exact) mass is 361 g/mol. The number of halogens is 1. The summed E-state index contributed by atoms with van der Waals surface area (Å²) in [5.41, 5.74) is 1.55. The minimum atomic E-state index is -0.264. The smallest absolute Gasteiger partial charge is 0.194 e. The minimum absolute atomic E-state index is 0.213. The molecule has 0 amide bonds. The van der Waals surface area contributed by atoms with E-state index >= 15 is 0 Å². The Morgan fingerprint density at radius 2 is 2.04 bits per heavy atom. The molecule has 26 heavy (non-hydrogen) atoms. The van der Waals surface area contributed by atoms with Crippen molar-refractivity contribution in [1.82, 2.24) is 10.2 Å². The van der Waals surface area contributed by atoms with Crippen LogP contribution in [0.5, 0.6) is 5.75 Å². The number of aliphatic imine (C=N–C) groups is 1. The molecule has 5 nitrogen and oxygen atoms in total. The number of benzene rings is 1. The number of guanidine groups is 1. The number of nitrogens with zero attached hydrogens (tertiary/aromatic N) is 2. The Balaban J connectivity index is 1.52. The van der Waals surface area contributed by atoms with Crippen molar-refractivity contribution in [1.29, 1.82) is 0 Å². The molecule has 1 aromatic carbocycles. The first-order valence-corrected chi connectivity index (χ1v) is 9.79. The predicted molar refractivity (Wildman–Crippen MR) is 98.5 cm³/mol. The van der Waals surface area contributed by atoms with Crippen molar-refractivity contribution in [3.8, 4) is 5.75 Å². The van der Waals surface area contributed by atoms with Crippen LogP contribution >= 0.6 is 0 Å². The van der Waals surface area contributed by atoms with Gasteiger partial charge >= 0.3 is 0 Å². The van der Waals surface area contributed by atoms with Crippen molar-refractivity contribution in [2.75, 3.05) is 26.4 Å². The summed E-state index contributed by atoms with van der Waals surface area (Å²) in [7, 11) is 0. The van der Waals surface area contributed by atoms with Gasteiger partial charge in [0, 0.05) is 30.8 Å². The van der Waals surface area contributed by atoms with Gasteiger partial charge in [-0.3, -0.25) is 0 Å². The van der Waals surface area contributed by atoms with E-state index in [1.165, 1.54) is 37.8 Å². The fraction of sp³-hybridized carbons (Fsp3) is 0.650. The van der Waals surface area contributed by atoms with Crippen LogP contribution in [-0.4, -0.2) is 37.3 Å². The first-order valence-electron chi connectivity index (χ1n) is 9.79. The number of hydrogen-bond acceptors (Lipinski definition) is 3. The largest absolute Gasteiger partial charge is 0.467 e. The number of nitrogens with one attached hydrogen (secondary N) is 1. The molecule has 4 rings (SSSR count). The van der Waals surface area contributed by atoms with E-state index in [0.717, 1.165) is 54.3 Å². The molecule has 0 aromatic heterocycles. The highest BCUT2D eigenvalue weighted by molar-refractivity contribution is 5.80. The average molecular weight is 361 g/mol. The molecule has 3 aliphatic rings. The highest BCUT2D eigenvalue weighted by atomic mass is 19.1. The lowest BCUT2D eigenvalue weighted by Crippen LogP contribution is -2.40. The molecule has 2 aliphatic heterocycles. The zero-order valence-electron chi connectivity index (χ0n) is 15.5. The molecule has 1 aliphatic carbocycles. The van der Waals surface area contributed by atoms with E-state index in [1.807, 2.05) is 0 Å². The molecule has 0 spiro atoms. The van der Waals surface area contributed by atoms with E-state index in [2.05, 4.69) is 17.1 Å². The van der Waals surface area contributed by atoms with E-state index in [-0.39, 0.29) is 12.6 Å². The normalized spacial score (nSPS) is 25.5. The molecule has 6 heteroatoms. The molecule has 1 N–H and O–H groups in total. The summed E-state index contributed by atoms with van der Waals surface area (Å²) in [6.07, 6.45) is 5.40. The van der Waals surface area contributed by atoms with Crippen LogP contribution in [0.15, 0.2) is 17.1 Å². The summed E-state index contributed by atoms with van der Waals surface area (Å²) < 4.78 is 24.8. The molecule has 2 atom stereocenters. The van der Waals surface area contributed by atoms with Crippen LogP contribution < -0.4 is 10.1 Å². The predicted octanol–water partition coefficient (Wildman–Crippen LogP) is 3.28. The summed E-state index contributed by atoms with van der Waals surface area (Å²) >= 11 is 0. The third-order valence-corrected chi connectivity index (χ3v) is 5.76. The zero-order chi connectivity index (χ0) is 17.9. The second-order valence-electron chi connectivity index (χ2n) is 7.54. The van der Waals surface area contributed by atoms with E-state index in [4.69, 9.17) is 14.5 Å². The van der Waals surface area contributed by atoms with Crippen molar-refractivity contribution in [3.05, 3.63) is 29.1 Å². The highest BCUT2D eigenvalue weighted by Crippen LogP contribution is 2.36. The van der Waals surface area contributed by atoms with Gasteiger partial charge in [-0.2, -0.15) is 0 Å². The molecular weight excluding hydrogens is 333 g/mol. The standard InChI is InChI=1S/C20H28FN3O2/c1-2-22-20(24-10-14-5-3-4-6-15(14)11-24)23-9-16-7-18(21)8-17-12-25-13-26-19(16)17/h7-8,14-15H,2-6,9-13H2,1H3,(H,22,23). The molecule has 1 saturated carbocycles. The van der Waals surface area contributed by atoms with Crippen molar-refractivity contribution in [2.45, 2.75) is 45.8 Å². The third-order valence-electron chi connectivity index (χ3n) is 5.76. The van der Waals surface area contributed by atoms with E-state index in [9.17, 15) is 4.39 Å². The van der Waals surface area contributed by atoms with Gasteiger partial charge in [-0.05, 0) is 43.7 Å². The number of rotatable bonds is 3. The fourth-order valence-electron chi connectivity index (χ4n) is 4.54. The summed E-state index contributed by atoms with van der Waals surface area (Å²) in [6.45, 7) is 6.10. The molecule has 1 saturated heterocycles. The quantitative estimate of drug-likeness (QED) is 0.663. The van der Waals surface area contributed by atoms with Gasteiger partial charge in [-0.1, -0.05) is 12.8 Å². The van der Waals surface area contributed by atoms with Gasteiger partial charge in [0.1, 0.15) is 11.6 Å². The van der Waals surface area contributed by atoms with Crippen LogP contribution in [0.25, 0.3) is 0 Å². The maximum atomic E-state index is 13.9. The average Bonchev–Trinajstić information content (AvgIpc) is 3.08. The second-order valence-corrected chi connectivity index (χ2v) is 7.54. The van der Waals surface area contributed by atoms with Crippen LogP contribution in [0.3, 0.4) is 0 Å². The lowest BCUT2D eigenvalue weighted by Gasteiger charge is -2.23. The Morgan fingerprint density at radius 1 is 1.27 bits per heavy atom. The first-order chi connectivity index (χ1) is 12.7. The molecule has 2 heterocycles. The lowest BCUT2D eigenvalue weighted by atomic mass is 9.82. The molecule has 0 radical (unpaired) electrons. The van der Waals surface area contributed by atoms with Gasteiger partial charge in [0.2, 0.25) is 0 Å². The number of likely N-dealkylation sites (tertiary alicyclic amines) is 1. The van der Waals surface area contributed by atoms with Crippen LogP contribution in [0.4, 0.5) is 4.39 Å². The Hall–Kier alpha value is -1.82. The van der Waals surface area contributed by atoms with E-state index in [0.29, 0.717) is 13.2 Å². The summed E-state index contributed by atoms with van der Waals surface area (Å²) in [4.78, 5) is 7.21. The van der Waals surface area contributed by atoms with Crippen LogP contribution in [0, 0.1) is 17.7 Å². The van der Waals surface area contributed by atoms with Gasteiger partial charge in [0.15, 0.2) is 12.8 Å². The third kappa shape index (κ3) is 3.65. The highest BCUT2D eigenvalue weighted by Gasteiger charge is 2.35. The van der Waals surface area contributed by atoms with E-state index in [1.54, 1.807) is 0 Å². The molecular formula is C20H28FN3O2. The molecule has 2 unspecified atom stereocenters. The Labute approximate surface area is 154 Å². The fourth-order valence-corrected chi connectivity index (χ4v) is 4.54. The van der Waals surface area contributed by atoms with Gasteiger partial charge in [0.25, 0.3) is 0 Å². The summed E-state index contributed by atoms with van der Waals surface area (Å²) in [6, 6.07) is 3.01. The van der Waals surface area contributed by atoms with Crippen molar-refractivity contribution in [2.24, 2.45) is 16.8 Å². The molecule has 2 fully saturated rings. The maximum Gasteiger partial charge on any atom is 0.194 e. The van der Waals surface area contributed by atoms with Crippen LogP contribution in [0.2, 0.25) is 0 Å². The van der Waals surface area contributed by atoms with Crippen molar-refractivity contribution < 1.29 is 13.9 Å². The number of fused-ring (bicyclic) bond motifs is 2. The topological polar surface area (TPSA) is 46.1 Å². The van der Waals surface area contributed by atoms with Gasteiger partial charge < -0.3 is 19.7 Å². The first kappa shape index (κ1) is 17.6. The van der Waals surface area contributed by atoms with Gasteiger partial charge in [0.05, 0.1) is 13.2 Å². The van der Waals surface area contributed by atoms with Gasteiger partial charge in [-0.25, -0.2) is 9.38 Å². The summed E-state index contributed by atoms with van der Waals surface area (Å²) in [5.74, 6) is 3.00. The summed E-state index contributed by atoms with van der Waals surface area (Å²) in [5, 5.41) is 3.42. The van der Waals surface area contributed by atoms with Gasteiger partial charge in [-0.15, -0.1) is 0 Å². The van der Waals surface area contributed by atoms with Crippen molar-refractivity contribution >= 4 is 5.96 Å². The van der Waals surface area contributed by atoms with E-state index < -0.39 is 0 Å². The SMILES string of the molecule is CCNC(=NCc1cc(F)cc2c1OCOC2)N1CC2CCCCC2C1. The lowest BCUT2D eigenvalue weighted by molar-refractivity contribution is -0.0172. The number of hydrogen-bond donors (Lipinski definition) is 1. The number of ether oxygens (including phenoxy) is 2. The van der Waals surface area contributed by atoms with Crippen molar-refractivity contribution in [3.63, 3.8) is 0 Å². The zero-order valence-corrected chi connectivity index (χ0v) is 15.5. The molecule has 0 bridgehead atoms. The van der Waals surface area contributed by atoms with Crippen LogP contribution in [-0.2, 0) is 17.9 Å².